The molecule has 3 rings (SSSR count). The summed E-state index contributed by atoms with van der Waals surface area (Å²) in [6, 6.07) is 5.72. The van der Waals surface area contributed by atoms with Crippen molar-refractivity contribution >= 4 is 11.6 Å². The molecular weight excluding hydrogens is 268 g/mol. The molecule has 1 heterocycles. The predicted octanol–water partition coefficient (Wildman–Crippen LogP) is 2.66. The maximum Gasteiger partial charge on any atom is 0.241 e. The second kappa shape index (κ2) is 6.35. The fraction of sp³-hybridized carbons (Fsp3) is 0.562. The third-order valence-corrected chi connectivity index (χ3v) is 4.12. The summed E-state index contributed by atoms with van der Waals surface area (Å²) in [5.74, 6) is 1.39. The summed E-state index contributed by atoms with van der Waals surface area (Å²) in [6.45, 7) is 2.16. The van der Waals surface area contributed by atoms with Crippen molar-refractivity contribution in [2.45, 2.75) is 51.1 Å². The Morgan fingerprint density at radius 2 is 1.95 bits per heavy atom. The molecule has 2 N–H and O–H groups in total. The molecule has 1 saturated carbocycles. The zero-order chi connectivity index (χ0) is 14.7. The van der Waals surface area contributed by atoms with Crippen molar-refractivity contribution < 1.29 is 14.3 Å². The Balaban J connectivity index is 1.55. The van der Waals surface area contributed by atoms with Gasteiger partial charge < -0.3 is 20.1 Å². The predicted molar refractivity (Wildman–Crippen MR) is 80.7 cm³/mol. The number of anilines is 1. The number of nitrogens with one attached hydrogen (secondary N) is 2. The summed E-state index contributed by atoms with van der Waals surface area (Å²) in [6.07, 6.45) is 6.17. The molecule has 1 aliphatic heterocycles. The Labute approximate surface area is 125 Å². The van der Waals surface area contributed by atoms with Crippen molar-refractivity contribution in [1.82, 2.24) is 5.32 Å². The molecule has 1 amide bonds. The number of ether oxygens (including phenoxy) is 2. The van der Waals surface area contributed by atoms with Crippen LogP contribution in [0.5, 0.6) is 11.5 Å². The van der Waals surface area contributed by atoms with E-state index in [0.717, 1.165) is 11.4 Å². The average Bonchev–Trinajstić information content (AvgIpc) is 2.95. The number of fused-ring (bicyclic) bond motifs is 1. The molecule has 1 fully saturated rings. The molecule has 0 aromatic heterocycles. The van der Waals surface area contributed by atoms with Crippen LogP contribution in [0.4, 0.5) is 5.69 Å². The van der Waals surface area contributed by atoms with Crippen molar-refractivity contribution in [3.63, 3.8) is 0 Å². The van der Waals surface area contributed by atoms with E-state index in [9.17, 15) is 4.79 Å². The quantitative estimate of drug-likeness (QED) is 0.895. The van der Waals surface area contributed by atoms with Crippen LogP contribution >= 0.6 is 0 Å². The fourth-order valence-corrected chi connectivity index (χ4v) is 2.92. The number of carbonyl (C=O) groups excluding carboxylic acids is 1. The van der Waals surface area contributed by atoms with Gasteiger partial charge in [-0.15, -0.1) is 0 Å². The van der Waals surface area contributed by atoms with E-state index in [0.29, 0.717) is 11.8 Å². The summed E-state index contributed by atoms with van der Waals surface area (Å²) in [7, 11) is 0. The molecule has 1 atom stereocenters. The van der Waals surface area contributed by atoms with E-state index in [1.165, 1.54) is 32.1 Å². The smallest absolute Gasteiger partial charge is 0.241 e. The standard InChI is InChI=1S/C16H22N2O3/c1-11(17-12-5-3-2-4-6-12)16(19)18-13-7-8-14-15(9-13)21-10-20-14/h7-9,11-12,17H,2-6,10H2,1H3,(H,18,19)/t11-/m1/s1. The second-order valence-electron chi connectivity index (χ2n) is 5.78. The summed E-state index contributed by atoms with van der Waals surface area (Å²) >= 11 is 0. The maximum absolute atomic E-state index is 12.2. The summed E-state index contributed by atoms with van der Waals surface area (Å²) in [5, 5.41) is 6.35. The van der Waals surface area contributed by atoms with Crippen LogP contribution in [0, 0.1) is 0 Å². The van der Waals surface area contributed by atoms with Gasteiger partial charge in [0.1, 0.15) is 0 Å². The summed E-state index contributed by atoms with van der Waals surface area (Å²) in [4.78, 5) is 12.2. The van der Waals surface area contributed by atoms with Gasteiger partial charge in [0, 0.05) is 17.8 Å². The van der Waals surface area contributed by atoms with Crippen LogP contribution in [0.3, 0.4) is 0 Å². The maximum atomic E-state index is 12.2. The molecule has 0 saturated heterocycles. The van der Waals surface area contributed by atoms with Gasteiger partial charge in [-0.2, -0.15) is 0 Å². The lowest BCUT2D eigenvalue weighted by Crippen LogP contribution is -2.44. The van der Waals surface area contributed by atoms with Crippen molar-refractivity contribution in [3.8, 4) is 11.5 Å². The molecular formula is C16H22N2O3. The molecule has 5 nitrogen and oxygen atoms in total. The van der Waals surface area contributed by atoms with E-state index in [2.05, 4.69) is 10.6 Å². The molecule has 0 radical (unpaired) electrons. The zero-order valence-electron chi connectivity index (χ0n) is 12.4. The van der Waals surface area contributed by atoms with Crippen molar-refractivity contribution in [3.05, 3.63) is 18.2 Å². The van der Waals surface area contributed by atoms with Crippen LogP contribution in [0.15, 0.2) is 18.2 Å². The van der Waals surface area contributed by atoms with Gasteiger partial charge in [-0.05, 0) is 31.9 Å². The van der Waals surface area contributed by atoms with Crippen LogP contribution in [-0.4, -0.2) is 24.8 Å². The van der Waals surface area contributed by atoms with E-state index >= 15 is 0 Å². The Hall–Kier alpha value is -1.75. The SMILES string of the molecule is C[C@@H](NC1CCCCC1)C(=O)Nc1ccc2c(c1)OCO2. The first-order valence-corrected chi connectivity index (χ1v) is 7.69. The van der Waals surface area contributed by atoms with Crippen molar-refractivity contribution in [2.24, 2.45) is 0 Å². The molecule has 1 aromatic rings. The molecule has 21 heavy (non-hydrogen) atoms. The van der Waals surface area contributed by atoms with Crippen LogP contribution in [0.25, 0.3) is 0 Å². The first-order chi connectivity index (χ1) is 10.2. The molecule has 1 aromatic carbocycles. The Morgan fingerprint density at radius 3 is 2.76 bits per heavy atom. The van der Waals surface area contributed by atoms with Gasteiger partial charge >= 0.3 is 0 Å². The molecule has 5 heteroatoms. The van der Waals surface area contributed by atoms with Crippen LogP contribution in [0.1, 0.15) is 39.0 Å². The number of rotatable bonds is 4. The number of amides is 1. The molecule has 0 bridgehead atoms. The largest absolute Gasteiger partial charge is 0.454 e. The van der Waals surface area contributed by atoms with Crippen molar-refractivity contribution in [1.29, 1.82) is 0 Å². The van der Waals surface area contributed by atoms with Gasteiger partial charge in [0.05, 0.1) is 6.04 Å². The number of benzene rings is 1. The Bertz CT molecular complexity index is 512. The van der Waals surface area contributed by atoms with Crippen LogP contribution < -0.4 is 20.1 Å². The van der Waals surface area contributed by atoms with Gasteiger partial charge in [-0.3, -0.25) is 4.79 Å². The highest BCUT2D eigenvalue weighted by Crippen LogP contribution is 2.34. The Kier molecular flexibility index (Phi) is 4.29. The van der Waals surface area contributed by atoms with Crippen molar-refractivity contribution in [2.75, 3.05) is 12.1 Å². The van der Waals surface area contributed by atoms with Gasteiger partial charge in [-0.1, -0.05) is 19.3 Å². The van der Waals surface area contributed by atoms with Crippen LogP contribution in [0.2, 0.25) is 0 Å². The van der Waals surface area contributed by atoms with Crippen LogP contribution in [-0.2, 0) is 4.79 Å². The van der Waals surface area contributed by atoms with E-state index in [4.69, 9.17) is 9.47 Å². The molecule has 114 valence electrons. The van der Waals surface area contributed by atoms with Gasteiger partial charge in [0.2, 0.25) is 12.7 Å². The van der Waals surface area contributed by atoms with E-state index in [1.54, 1.807) is 6.07 Å². The minimum atomic E-state index is -0.196. The van der Waals surface area contributed by atoms with E-state index < -0.39 is 0 Å². The minimum absolute atomic E-state index is 0.0144. The number of hydrogen-bond acceptors (Lipinski definition) is 4. The summed E-state index contributed by atoms with van der Waals surface area (Å²) in [5.41, 5.74) is 0.738. The lowest BCUT2D eigenvalue weighted by molar-refractivity contribution is -0.118. The van der Waals surface area contributed by atoms with E-state index in [-0.39, 0.29) is 18.7 Å². The molecule has 0 unspecified atom stereocenters. The number of hydrogen-bond donors (Lipinski definition) is 2. The normalized spacial score (nSPS) is 19.3. The van der Waals surface area contributed by atoms with Gasteiger partial charge in [-0.25, -0.2) is 0 Å². The second-order valence-corrected chi connectivity index (χ2v) is 5.78. The lowest BCUT2D eigenvalue weighted by atomic mass is 9.95. The molecule has 2 aliphatic rings. The zero-order valence-corrected chi connectivity index (χ0v) is 12.4. The van der Waals surface area contributed by atoms with Gasteiger partial charge in [0.25, 0.3) is 0 Å². The highest BCUT2D eigenvalue weighted by Gasteiger charge is 2.20. The topological polar surface area (TPSA) is 59.6 Å². The average molecular weight is 290 g/mol. The third kappa shape index (κ3) is 3.47. The first kappa shape index (κ1) is 14.2. The highest BCUT2D eigenvalue weighted by molar-refractivity contribution is 5.94. The number of carbonyl (C=O) groups is 1. The van der Waals surface area contributed by atoms with Gasteiger partial charge in [0.15, 0.2) is 11.5 Å². The lowest BCUT2D eigenvalue weighted by Gasteiger charge is -2.26. The monoisotopic (exact) mass is 290 g/mol. The third-order valence-electron chi connectivity index (χ3n) is 4.12. The summed E-state index contributed by atoms with van der Waals surface area (Å²) < 4.78 is 10.6. The first-order valence-electron chi connectivity index (χ1n) is 7.69. The Morgan fingerprint density at radius 1 is 1.19 bits per heavy atom. The highest BCUT2D eigenvalue weighted by atomic mass is 16.7. The molecule has 1 aliphatic carbocycles. The fourth-order valence-electron chi connectivity index (χ4n) is 2.92. The van der Waals surface area contributed by atoms with E-state index in [1.807, 2.05) is 19.1 Å². The minimum Gasteiger partial charge on any atom is -0.454 e. The molecule has 0 spiro atoms.